The van der Waals surface area contributed by atoms with Gasteiger partial charge in [0.15, 0.2) is 5.13 Å². The normalized spacial score (nSPS) is 12.1. The summed E-state index contributed by atoms with van der Waals surface area (Å²) in [6.07, 6.45) is 6.44. The van der Waals surface area contributed by atoms with E-state index in [-0.39, 0.29) is 11.2 Å². The number of aliphatic hydroxyl groups is 1. The molecule has 196 valence electrons. The van der Waals surface area contributed by atoms with Crippen molar-refractivity contribution in [3.63, 3.8) is 0 Å². The Morgan fingerprint density at radius 3 is 2.50 bits per heavy atom. The van der Waals surface area contributed by atoms with Crippen molar-refractivity contribution in [3.05, 3.63) is 63.2 Å². The summed E-state index contributed by atoms with van der Waals surface area (Å²) in [6.45, 7) is 19.6. The van der Waals surface area contributed by atoms with Crippen molar-refractivity contribution in [2.45, 2.75) is 74.1 Å². The first-order valence-corrected chi connectivity index (χ1v) is 14.4. The number of hydrogen-bond donors (Lipinski definition) is 2. The third-order valence-corrected chi connectivity index (χ3v) is 7.68. The van der Waals surface area contributed by atoms with E-state index in [2.05, 4.69) is 58.1 Å². The van der Waals surface area contributed by atoms with Gasteiger partial charge in [-0.2, -0.15) is 0 Å². The Balaban J connectivity index is 0.00000222. The van der Waals surface area contributed by atoms with Crippen LogP contribution in [0, 0.1) is 5.92 Å². The number of ether oxygens (including phenoxy) is 1. The Bertz CT molecular complexity index is 1160. The average molecular weight is 527 g/mol. The molecule has 0 unspecified atom stereocenters. The van der Waals surface area contributed by atoms with Gasteiger partial charge < -0.3 is 15.2 Å². The third kappa shape index (κ3) is 7.97. The van der Waals surface area contributed by atoms with E-state index in [1.807, 2.05) is 52.0 Å². The lowest BCUT2D eigenvalue weighted by Gasteiger charge is -2.15. The van der Waals surface area contributed by atoms with Crippen molar-refractivity contribution in [1.82, 2.24) is 4.98 Å². The van der Waals surface area contributed by atoms with Gasteiger partial charge in [0.05, 0.1) is 22.9 Å². The first-order valence-electron chi connectivity index (χ1n) is 12.8. The summed E-state index contributed by atoms with van der Waals surface area (Å²) in [5.41, 5.74) is 2.91. The Morgan fingerprint density at radius 2 is 1.89 bits per heavy atom. The molecule has 0 aliphatic heterocycles. The molecule has 3 aromatic rings. The molecular weight excluding hydrogens is 484 g/mol. The van der Waals surface area contributed by atoms with Gasteiger partial charge in [0.2, 0.25) is 0 Å². The van der Waals surface area contributed by atoms with E-state index < -0.39 is 0 Å². The van der Waals surface area contributed by atoms with Gasteiger partial charge in [-0.25, -0.2) is 4.98 Å². The molecule has 0 saturated carbocycles. The predicted octanol–water partition coefficient (Wildman–Crippen LogP) is 10.0. The molecule has 0 saturated heterocycles. The lowest BCUT2D eigenvalue weighted by atomic mass is 9.94. The van der Waals surface area contributed by atoms with Gasteiger partial charge in [-0.15, -0.1) is 22.7 Å². The van der Waals surface area contributed by atoms with Crippen LogP contribution in [0.1, 0.15) is 76.9 Å². The second-order valence-corrected chi connectivity index (χ2v) is 11.8. The first-order chi connectivity index (χ1) is 17.1. The summed E-state index contributed by atoms with van der Waals surface area (Å²) in [4.78, 5) is 8.27. The first kappa shape index (κ1) is 29.7. The highest BCUT2D eigenvalue weighted by atomic mass is 32.1. The summed E-state index contributed by atoms with van der Waals surface area (Å²) < 4.78 is 5.72. The van der Waals surface area contributed by atoms with Crippen LogP contribution in [0.25, 0.3) is 17.0 Å². The second-order valence-electron chi connectivity index (χ2n) is 9.66. The van der Waals surface area contributed by atoms with Gasteiger partial charge in [-0.1, -0.05) is 72.8 Å². The fourth-order valence-corrected chi connectivity index (χ4v) is 5.77. The molecule has 0 aliphatic carbocycles. The molecule has 2 aromatic heterocycles. The van der Waals surface area contributed by atoms with E-state index in [0.717, 1.165) is 39.1 Å². The number of allylic oxidation sites excluding steroid dienone is 3. The molecule has 2 heterocycles. The molecule has 4 nitrogen and oxygen atoms in total. The van der Waals surface area contributed by atoms with Crippen LogP contribution in [0.4, 0.5) is 10.8 Å². The molecule has 3 rings (SSSR count). The molecule has 0 atom stereocenters. The average Bonchev–Trinajstić information content (AvgIpc) is 3.43. The van der Waals surface area contributed by atoms with Crippen LogP contribution in [0.5, 0.6) is 5.75 Å². The van der Waals surface area contributed by atoms with Crippen LogP contribution in [0.15, 0.2) is 48.6 Å². The zero-order valence-corrected chi connectivity index (χ0v) is 24.9. The number of nitrogens with zero attached hydrogens (tertiary/aromatic N) is 1. The van der Waals surface area contributed by atoms with E-state index in [9.17, 15) is 5.11 Å². The van der Waals surface area contributed by atoms with Crippen LogP contribution in [0.2, 0.25) is 0 Å². The maximum Gasteiger partial charge on any atom is 0.188 e. The van der Waals surface area contributed by atoms with E-state index in [1.165, 1.54) is 9.75 Å². The smallest absolute Gasteiger partial charge is 0.188 e. The van der Waals surface area contributed by atoms with Gasteiger partial charge >= 0.3 is 0 Å². The summed E-state index contributed by atoms with van der Waals surface area (Å²) >= 11 is 3.29. The maximum atomic E-state index is 10.8. The summed E-state index contributed by atoms with van der Waals surface area (Å²) in [7, 11) is 0. The fourth-order valence-electron chi connectivity index (χ4n) is 3.46. The molecule has 0 fully saturated rings. The molecule has 0 amide bonds. The van der Waals surface area contributed by atoms with Crippen molar-refractivity contribution in [2.24, 2.45) is 5.92 Å². The highest BCUT2D eigenvalue weighted by Crippen LogP contribution is 2.42. The lowest BCUT2D eigenvalue weighted by Crippen LogP contribution is -2.07. The highest BCUT2D eigenvalue weighted by Gasteiger charge is 2.23. The van der Waals surface area contributed by atoms with Gasteiger partial charge in [-0.3, -0.25) is 0 Å². The van der Waals surface area contributed by atoms with Crippen LogP contribution in [-0.2, 0) is 11.8 Å². The topological polar surface area (TPSA) is 54.4 Å². The zero-order chi connectivity index (χ0) is 26.9. The minimum absolute atomic E-state index is 0.0171. The standard InChI is InChI=1S/C28H36N2O2S2.C2H6/c1-8-10-14-22(31)26-21(17-24(34-26)28(5,6)7)29-27-30-25(23(33-27)15-18(3)4)19-12-11-13-20(16-19)32-9-2;1-2/h8,10-14,16-18,31H,9,15H2,1-7H3,(H,29,30);1-2H3/b10-8+,22-14?;. The van der Waals surface area contributed by atoms with Gasteiger partial charge in [0.1, 0.15) is 11.5 Å². The highest BCUT2D eigenvalue weighted by molar-refractivity contribution is 7.16. The number of thiazole rings is 1. The minimum atomic E-state index is -0.0171. The SMILES string of the molecule is C/C=C/C=C(O)c1sc(C(C)(C)C)cc1Nc1nc(-c2cccc(OCC)c2)c(CC(C)C)s1.CC. The molecule has 6 heteroatoms. The fraction of sp³-hybridized carbons (Fsp3) is 0.433. The Hall–Kier alpha value is -2.57. The maximum absolute atomic E-state index is 10.8. The molecular formula is C30H42N2O2S2. The number of aromatic nitrogens is 1. The number of thiophene rings is 1. The Labute approximate surface area is 225 Å². The number of hydrogen-bond acceptors (Lipinski definition) is 6. The summed E-state index contributed by atoms with van der Waals surface area (Å²) in [5, 5.41) is 15.1. The Morgan fingerprint density at radius 1 is 1.17 bits per heavy atom. The number of aliphatic hydroxyl groups excluding tert-OH is 1. The minimum Gasteiger partial charge on any atom is -0.506 e. The number of rotatable bonds is 9. The summed E-state index contributed by atoms with van der Waals surface area (Å²) in [6, 6.07) is 10.3. The van der Waals surface area contributed by atoms with Crippen molar-refractivity contribution in [1.29, 1.82) is 0 Å². The van der Waals surface area contributed by atoms with Crippen molar-refractivity contribution >= 4 is 39.3 Å². The molecule has 36 heavy (non-hydrogen) atoms. The molecule has 0 aliphatic rings. The molecule has 1 aromatic carbocycles. The van der Waals surface area contributed by atoms with Gasteiger partial charge in [0, 0.05) is 15.3 Å². The molecule has 0 bridgehead atoms. The molecule has 0 radical (unpaired) electrons. The predicted molar refractivity (Wildman–Crippen MR) is 160 cm³/mol. The monoisotopic (exact) mass is 526 g/mol. The van der Waals surface area contributed by atoms with Gasteiger partial charge in [0.25, 0.3) is 0 Å². The van der Waals surface area contributed by atoms with Crippen molar-refractivity contribution < 1.29 is 9.84 Å². The third-order valence-electron chi connectivity index (χ3n) is 5.10. The van der Waals surface area contributed by atoms with E-state index >= 15 is 0 Å². The van der Waals surface area contributed by atoms with Crippen LogP contribution in [-0.4, -0.2) is 16.7 Å². The van der Waals surface area contributed by atoms with Crippen LogP contribution < -0.4 is 10.1 Å². The number of benzene rings is 1. The van der Waals surface area contributed by atoms with E-state index in [0.29, 0.717) is 12.5 Å². The Kier molecular flexibility index (Phi) is 11.3. The summed E-state index contributed by atoms with van der Waals surface area (Å²) in [5.74, 6) is 1.62. The molecule has 2 N–H and O–H groups in total. The molecule has 0 spiro atoms. The zero-order valence-electron chi connectivity index (χ0n) is 23.2. The lowest BCUT2D eigenvalue weighted by molar-refractivity contribution is 0.340. The van der Waals surface area contributed by atoms with Crippen LogP contribution >= 0.6 is 22.7 Å². The largest absolute Gasteiger partial charge is 0.506 e. The van der Waals surface area contributed by atoms with Crippen molar-refractivity contribution in [2.75, 3.05) is 11.9 Å². The number of nitrogens with one attached hydrogen (secondary N) is 1. The van der Waals surface area contributed by atoms with Gasteiger partial charge in [-0.05, 0) is 55.9 Å². The van der Waals surface area contributed by atoms with Crippen molar-refractivity contribution in [3.8, 4) is 17.0 Å². The number of anilines is 2. The van der Waals surface area contributed by atoms with Crippen LogP contribution in [0.3, 0.4) is 0 Å². The van der Waals surface area contributed by atoms with E-state index in [4.69, 9.17) is 9.72 Å². The second kappa shape index (κ2) is 13.7. The quantitative estimate of drug-likeness (QED) is 0.215. The van der Waals surface area contributed by atoms with E-state index in [1.54, 1.807) is 28.7 Å².